The number of aryl methyl sites for hydroxylation is 3. The maximum absolute atomic E-state index is 12.7. The highest BCUT2D eigenvalue weighted by Gasteiger charge is 2.22. The molecule has 4 rings (SSSR count). The lowest BCUT2D eigenvalue weighted by atomic mass is 9.89. The Kier molecular flexibility index (Phi) is 4.45. The summed E-state index contributed by atoms with van der Waals surface area (Å²) >= 11 is 1.66. The van der Waals surface area contributed by atoms with Crippen molar-refractivity contribution in [2.75, 3.05) is 0 Å². The van der Waals surface area contributed by atoms with Gasteiger partial charge < -0.3 is 9.73 Å². The van der Waals surface area contributed by atoms with Crippen LogP contribution in [0.25, 0.3) is 0 Å². The predicted octanol–water partition coefficient (Wildman–Crippen LogP) is 5.05. The second-order valence-electron chi connectivity index (χ2n) is 6.59. The van der Waals surface area contributed by atoms with Gasteiger partial charge in [-0.3, -0.25) is 4.79 Å². The van der Waals surface area contributed by atoms with Crippen LogP contribution in [-0.2, 0) is 12.8 Å². The molecule has 0 spiro atoms. The highest BCUT2D eigenvalue weighted by Crippen LogP contribution is 2.30. The van der Waals surface area contributed by atoms with Crippen molar-refractivity contribution in [2.24, 2.45) is 0 Å². The van der Waals surface area contributed by atoms with Gasteiger partial charge in [0.25, 0.3) is 5.91 Å². The van der Waals surface area contributed by atoms with E-state index >= 15 is 0 Å². The molecule has 0 fully saturated rings. The van der Waals surface area contributed by atoms with Crippen LogP contribution < -0.4 is 5.32 Å². The van der Waals surface area contributed by atoms with E-state index < -0.39 is 0 Å². The molecule has 3 aromatic rings. The number of benzene rings is 1. The lowest BCUT2D eigenvalue weighted by Gasteiger charge is -2.22. The van der Waals surface area contributed by atoms with E-state index in [0.29, 0.717) is 5.76 Å². The summed E-state index contributed by atoms with van der Waals surface area (Å²) in [5.74, 6) is 0.220. The van der Waals surface area contributed by atoms with Crippen LogP contribution in [0.4, 0.5) is 0 Å². The lowest BCUT2D eigenvalue weighted by Crippen LogP contribution is -2.29. The molecule has 0 aliphatic heterocycles. The quantitative estimate of drug-likeness (QED) is 0.715. The maximum atomic E-state index is 12.7. The minimum absolute atomic E-state index is 0.149. The van der Waals surface area contributed by atoms with Crippen LogP contribution in [0.2, 0.25) is 0 Å². The van der Waals surface area contributed by atoms with Gasteiger partial charge in [0.15, 0.2) is 5.76 Å². The third-order valence-corrected chi connectivity index (χ3v) is 5.81. The Hall–Kier alpha value is -2.33. The molecule has 0 unspecified atom stereocenters. The number of amides is 1. The molecule has 128 valence electrons. The molecule has 1 N–H and O–H groups in total. The van der Waals surface area contributed by atoms with Crippen molar-refractivity contribution in [1.29, 1.82) is 0 Å². The van der Waals surface area contributed by atoms with Crippen molar-refractivity contribution in [3.8, 4) is 0 Å². The molecule has 1 aliphatic carbocycles. The molecule has 1 aliphatic rings. The molecule has 3 nitrogen and oxygen atoms in total. The van der Waals surface area contributed by atoms with E-state index in [-0.39, 0.29) is 11.9 Å². The molecule has 0 saturated carbocycles. The van der Waals surface area contributed by atoms with Gasteiger partial charge in [0, 0.05) is 10.4 Å². The van der Waals surface area contributed by atoms with Gasteiger partial charge in [-0.1, -0.05) is 24.3 Å². The number of thiophene rings is 1. The first-order valence-electron chi connectivity index (χ1n) is 8.72. The normalized spacial score (nSPS) is 14.8. The summed E-state index contributed by atoms with van der Waals surface area (Å²) in [6.45, 7) is 1.89. The van der Waals surface area contributed by atoms with Crippen LogP contribution >= 0.6 is 11.3 Å². The van der Waals surface area contributed by atoms with E-state index in [9.17, 15) is 4.79 Å². The van der Waals surface area contributed by atoms with Gasteiger partial charge in [-0.2, -0.15) is 0 Å². The summed E-state index contributed by atoms with van der Waals surface area (Å²) < 4.78 is 5.36. The summed E-state index contributed by atoms with van der Waals surface area (Å²) in [6, 6.07) is 12.4. The Balaban J connectivity index is 1.67. The molecule has 0 saturated heterocycles. The number of hydrogen-bond acceptors (Lipinski definition) is 3. The summed E-state index contributed by atoms with van der Waals surface area (Å²) in [7, 11) is 0. The van der Waals surface area contributed by atoms with E-state index in [1.54, 1.807) is 17.6 Å². The van der Waals surface area contributed by atoms with E-state index in [1.165, 1.54) is 24.0 Å². The van der Waals surface area contributed by atoms with Gasteiger partial charge in [-0.05, 0) is 66.8 Å². The SMILES string of the molecule is Cc1ccoc1C(=O)N[C@H](c1ccc2c(c1)CCCC2)c1cccs1. The number of fused-ring (bicyclic) bond motifs is 1. The summed E-state index contributed by atoms with van der Waals surface area (Å²) in [6.07, 6.45) is 6.37. The monoisotopic (exact) mass is 351 g/mol. The van der Waals surface area contributed by atoms with Gasteiger partial charge in [0.05, 0.1) is 12.3 Å². The van der Waals surface area contributed by atoms with Gasteiger partial charge in [0.1, 0.15) is 0 Å². The van der Waals surface area contributed by atoms with Crippen molar-refractivity contribution in [3.63, 3.8) is 0 Å². The number of rotatable bonds is 4. The van der Waals surface area contributed by atoms with Crippen molar-refractivity contribution in [3.05, 3.63) is 80.9 Å². The third kappa shape index (κ3) is 3.27. The average molecular weight is 351 g/mol. The van der Waals surface area contributed by atoms with Crippen LogP contribution in [-0.4, -0.2) is 5.91 Å². The topological polar surface area (TPSA) is 42.2 Å². The zero-order chi connectivity index (χ0) is 17.2. The fourth-order valence-electron chi connectivity index (χ4n) is 3.51. The molecule has 2 heterocycles. The van der Waals surface area contributed by atoms with E-state index in [2.05, 4.69) is 29.6 Å². The van der Waals surface area contributed by atoms with Crippen molar-refractivity contribution < 1.29 is 9.21 Å². The Morgan fingerprint density at radius 3 is 2.72 bits per heavy atom. The van der Waals surface area contributed by atoms with Crippen LogP contribution in [0.1, 0.15) is 56.6 Å². The van der Waals surface area contributed by atoms with Gasteiger partial charge in [-0.25, -0.2) is 0 Å². The van der Waals surface area contributed by atoms with Gasteiger partial charge in [-0.15, -0.1) is 11.3 Å². The van der Waals surface area contributed by atoms with Gasteiger partial charge >= 0.3 is 0 Å². The molecule has 2 aromatic heterocycles. The average Bonchev–Trinajstić information content (AvgIpc) is 3.31. The summed E-state index contributed by atoms with van der Waals surface area (Å²) in [5, 5.41) is 5.21. The first kappa shape index (κ1) is 16.2. The Bertz CT molecular complexity index is 879. The fraction of sp³-hybridized carbons (Fsp3) is 0.286. The predicted molar refractivity (Wildman–Crippen MR) is 100 cm³/mol. The molecule has 1 amide bonds. The number of carbonyl (C=O) groups excluding carboxylic acids is 1. The molecule has 1 aromatic carbocycles. The van der Waals surface area contributed by atoms with Crippen molar-refractivity contribution >= 4 is 17.2 Å². The van der Waals surface area contributed by atoms with E-state index in [4.69, 9.17) is 4.42 Å². The van der Waals surface area contributed by atoms with Crippen LogP contribution in [0.3, 0.4) is 0 Å². The molecule has 0 radical (unpaired) electrons. The molecule has 25 heavy (non-hydrogen) atoms. The summed E-state index contributed by atoms with van der Waals surface area (Å²) in [5.41, 5.74) is 4.87. The second kappa shape index (κ2) is 6.89. The third-order valence-electron chi connectivity index (χ3n) is 4.88. The minimum Gasteiger partial charge on any atom is -0.459 e. The number of hydrogen-bond donors (Lipinski definition) is 1. The first-order chi connectivity index (χ1) is 12.2. The molecular formula is C21H21NO2S. The van der Waals surface area contributed by atoms with Crippen LogP contribution in [0.15, 0.2) is 52.5 Å². The highest BCUT2D eigenvalue weighted by atomic mass is 32.1. The van der Waals surface area contributed by atoms with Crippen molar-refractivity contribution in [1.82, 2.24) is 5.32 Å². The van der Waals surface area contributed by atoms with Gasteiger partial charge in [0.2, 0.25) is 0 Å². The zero-order valence-corrected chi connectivity index (χ0v) is 15.1. The fourth-order valence-corrected chi connectivity index (χ4v) is 4.31. The Morgan fingerprint density at radius 1 is 1.16 bits per heavy atom. The second-order valence-corrected chi connectivity index (χ2v) is 7.57. The first-order valence-corrected chi connectivity index (χ1v) is 9.60. The lowest BCUT2D eigenvalue weighted by molar-refractivity contribution is 0.0914. The van der Waals surface area contributed by atoms with Crippen molar-refractivity contribution in [2.45, 2.75) is 38.6 Å². The van der Waals surface area contributed by atoms with E-state index in [1.807, 2.05) is 24.4 Å². The smallest absolute Gasteiger partial charge is 0.288 e. The standard InChI is InChI=1S/C21H21NO2S/c1-14-10-11-24-20(14)21(23)22-19(18-7-4-12-25-18)17-9-8-15-5-2-3-6-16(15)13-17/h4,7-13,19H,2-3,5-6H2,1H3,(H,22,23)/t19-/m1/s1. The zero-order valence-electron chi connectivity index (χ0n) is 14.2. The van der Waals surface area contributed by atoms with E-state index in [0.717, 1.165) is 28.8 Å². The van der Waals surface area contributed by atoms with Crippen LogP contribution in [0, 0.1) is 6.92 Å². The number of furan rings is 1. The molecule has 4 heteroatoms. The largest absolute Gasteiger partial charge is 0.459 e. The molecule has 0 bridgehead atoms. The summed E-state index contributed by atoms with van der Waals surface area (Å²) in [4.78, 5) is 13.8. The number of carbonyl (C=O) groups is 1. The highest BCUT2D eigenvalue weighted by molar-refractivity contribution is 7.10. The van der Waals surface area contributed by atoms with Crippen LogP contribution in [0.5, 0.6) is 0 Å². The number of nitrogens with one attached hydrogen (secondary N) is 1. The Morgan fingerprint density at radius 2 is 2.00 bits per heavy atom. The Labute approximate surface area is 151 Å². The maximum Gasteiger partial charge on any atom is 0.288 e. The minimum atomic E-state index is -0.168. The molecular weight excluding hydrogens is 330 g/mol. The molecule has 1 atom stereocenters.